The Bertz CT molecular complexity index is 755. The summed E-state index contributed by atoms with van der Waals surface area (Å²) >= 11 is 0. The minimum Gasteiger partial charge on any atom is -0.312 e. The van der Waals surface area contributed by atoms with E-state index in [4.69, 9.17) is 0 Å². The molecule has 0 atom stereocenters. The summed E-state index contributed by atoms with van der Waals surface area (Å²) in [7, 11) is 0. The lowest BCUT2D eigenvalue weighted by Crippen LogP contribution is -2.53. The van der Waals surface area contributed by atoms with Gasteiger partial charge in [0.15, 0.2) is 0 Å². The predicted molar refractivity (Wildman–Crippen MR) is 99.2 cm³/mol. The fourth-order valence-corrected chi connectivity index (χ4v) is 4.26. The van der Waals surface area contributed by atoms with Crippen LogP contribution < -0.4 is 4.90 Å². The molecule has 2 aliphatic heterocycles. The van der Waals surface area contributed by atoms with Gasteiger partial charge in [-0.3, -0.25) is 14.7 Å². The van der Waals surface area contributed by atoms with E-state index in [0.717, 1.165) is 63.2 Å². The second-order valence-corrected chi connectivity index (χ2v) is 7.41. The number of halogens is 1. The monoisotopic (exact) mass is 353 g/mol. The minimum absolute atomic E-state index is 0.216. The topological polar surface area (TPSA) is 36.4 Å². The SMILES string of the molecule is O=C1N(c2ccc(F)cc2)CCCC12CCN(Cc1ccccn1)CC2. The van der Waals surface area contributed by atoms with Gasteiger partial charge in [-0.1, -0.05) is 6.07 Å². The summed E-state index contributed by atoms with van der Waals surface area (Å²) < 4.78 is 13.2. The molecule has 0 N–H and O–H groups in total. The summed E-state index contributed by atoms with van der Waals surface area (Å²) in [5.74, 6) is -0.0522. The third-order valence-electron chi connectivity index (χ3n) is 5.80. The first kappa shape index (κ1) is 17.2. The van der Waals surface area contributed by atoms with Crippen molar-refractivity contribution >= 4 is 11.6 Å². The zero-order valence-corrected chi connectivity index (χ0v) is 14.9. The van der Waals surface area contributed by atoms with Crippen molar-refractivity contribution < 1.29 is 9.18 Å². The first-order chi connectivity index (χ1) is 12.7. The third kappa shape index (κ3) is 3.36. The van der Waals surface area contributed by atoms with E-state index < -0.39 is 0 Å². The maximum Gasteiger partial charge on any atom is 0.233 e. The lowest BCUT2D eigenvalue weighted by molar-refractivity contribution is -0.133. The Morgan fingerprint density at radius 3 is 2.46 bits per heavy atom. The second-order valence-electron chi connectivity index (χ2n) is 7.41. The predicted octanol–water partition coefficient (Wildman–Crippen LogP) is 3.63. The van der Waals surface area contributed by atoms with E-state index in [2.05, 4.69) is 9.88 Å². The molecule has 2 saturated heterocycles. The number of carbonyl (C=O) groups is 1. The van der Waals surface area contributed by atoms with Gasteiger partial charge in [0.05, 0.1) is 11.1 Å². The molecule has 1 spiro atoms. The van der Waals surface area contributed by atoms with Gasteiger partial charge in [0.25, 0.3) is 0 Å². The van der Waals surface area contributed by atoms with Crippen molar-refractivity contribution in [2.45, 2.75) is 32.2 Å². The summed E-state index contributed by atoms with van der Waals surface area (Å²) in [6.45, 7) is 3.40. The smallest absolute Gasteiger partial charge is 0.233 e. The van der Waals surface area contributed by atoms with Crippen LogP contribution in [0, 0.1) is 11.2 Å². The van der Waals surface area contributed by atoms with Crippen molar-refractivity contribution in [2.24, 2.45) is 5.41 Å². The Kier molecular flexibility index (Phi) is 4.72. The number of rotatable bonds is 3. The van der Waals surface area contributed by atoms with Crippen LogP contribution in [0.3, 0.4) is 0 Å². The van der Waals surface area contributed by atoms with Crippen molar-refractivity contribution in [3.8, 4) is 0 Å². The van der Waals surface area contributed by atoms with Crippen LogP contribution in [0.5, 0.6) is 0 Å². The number of amides is 1. The highest BCUT2D eigenvalue weighted by molar-refractivity contribution is 5.98. The number of nitrogens with zero attached hydrogens (tertiary/aromatic N) is 3. The van der Waals surface area contributed by atoms with E-state index in [0.29, 0.717) is 0 Å². The molecule has 1 aromatic heterocycles. The van der Waals surface area contributed by atoms with Crippen LogP contribution in [0.15, 0.2) is 48.7 Å². The molecule has 2 aliphatic rings. The Labute approximate surface area is 153 Å². The molecular formula is C21H24FN3O. The van der Waals surface area contributed by atoms with E-state index in [1.54, 1.807) is 12.1 Å². The molecule has 26 heavy (non-hydrogen) atoms. The Hall–Kier alpha value is -2.27. The van der Waals surface area contributed by atoms with Crippen LogP contribution in [0.4, 0.5) is 10.1 Å². The number of piperidine rings is 2. The lowest BCUT2D eigenvalue weighted by atomic mass is 9.71. The van der Waals surface area contributed by atoms with Crippen LogP contribution in [0.25, 0.3) is 0 Å². The number of anilines is 1. The molecular weight excluding hydrogens is 329 g/mol. The van der Waals surface area contributed by atoms with E-state index in [9.17, 15) is 9.18 Å². The molecule has 5 heteroatoms. The normalized spacial score (nSPS) is 20.5. The molecule has 2 fully saturated rings. The number of likely N-dealkylation sites (tertiary alicyclic amines) is 1. The molecule has 0 unspecified atom stereocenters. The number of aromatic nitrogens is 1. The van der Waals surface area contributed by atoms with Gasteiger partial charge in [-0.05, 0) is 75.2 Å². The van der Waals surface area contributed by atoms with Crippen LogP contribution >= 0.6 is 0 Å². The Morgan fingerprint density at radius 1 is 1.00 bits per heavy atom. The first-order valence-electron chi connectivity index (χ1n) is 9.36. The fraction of sp³-hybridized carbons (Fsp3) is 0.429. The zero-order valence-electron chi connectivity index (χ0n) is 14.9. The van der Waals surface area contributed by atoms with Gasteiger partial charge < -0.3 is 4.90 Å². The van der Waals surface area contributed by atoms with Gasteiger partial charge >= 0.3 is 0 Å². The number of hydrogen-bond donors (Lipinski definition) is 0. The molecule has 1 aromatic carbocycles. The maximum absolute atomic E-state index is 13.3. The largest absolute Gasteiger partial charge is 0.312 e. The van der Waals surface area contributed by atoms with Gasteiger partial charge in [0, 0.05) is 25.0 Å². The molecule has 0 aliphatic carbocycles. The van der Waals surface area contributed by atoms with Crippen molar-refractivity contribution in [3.05, 3.63) is 60.2 Å². The summed E-state index contributed by atoms with van der Waals surface area (Å²) in [5.41, 5.74) is 1.63. The minimum atomic E-state index is -0.268. The average Bonchev–Trinajstić information content (AvgIpc) is 2.68. The second kappa shape index (κ2) is 7.16. The molecule has 0 radical (unpaired) electrons. The molecule has 0 bridgehead atoms. The van der Waals surface area contributed by atoms with Gasteiger partial charge in [0.1, 0.15) is 5.82 Å². The standard InChI is InChI=1S/C21H24FN3O/c22-17-5-7-19(8-6-17)25-13-3-9-21(20(25)26)10-14-24(15-11-21)16-18-4-1-2-12-23-18/h1-2,4-8,12H,3,9-11,13-16H2. The number of hydrogen-bond acceptors (Lipinski definition) is 3. The summed E-state index contributed by atoms with van der Waals surface area (Å²) in [4.78, 5) is 21.9. The molecule has 0 saturated carbocycles. The molecule has 1 amide bonds. The maximum atomic E-state index is 13.3. The van der Waals surface area contributed by atoms with Gasteiger partial charge in [-0.2, -0.15) is 0 Å². The van der Waals surface area contributed by atoms with Crippen LogP contribution in [-0.4, -0.2) is 35.4 Å². The highest BCUT2D eigenvalue weighted by Gasteiger charge is 2.45. The zero-order chi connectivity index (χ0) is 18.0. The third-order valence-corrected chi connectivity index (χ3v) is 5.80. The first-order valence-corrected chi connectivity index (χ1v) is 9.36. The van der Waals surface area contributed by atoms with E-state index >= 15 is 0 Å². The molecule has 4 rings (SSSR count). The van der Waals surface area contributed by atoms with Gasteiger partial charge in [-0.25, -0.2) is 4.39 Å². The van der Waals surface area contributed by atoms with Gasteiger partial charge in [0.2, 0.25) is 5.91 Å². The lowest BCUT2D eigenvalue weighted by Gasteiger charge is -2.46. The summed E-state index contributed by atoms with van der Waals surface area (Å²) in [6.07, 6.45) is 5.56. The van der Waals surface area contributed by atoms with Crippen molar-refractivity contribution in [1.29, 1.82) is 0 Å². The van der Waals surface area contributed by atoms with E-state index in [1.165, 1.54) is 12.1 Å². The van der Waals surface area contributed by atoms with Crippen molar-refractivity contribution in [2.75, 3.05) is 24.5 Å². The summed E-state index contributed by atoms with van der Waals surface area (Å²) in [6, 6.07) is 12.3. The van der Waals surface area contributed by atoms with Crippen molar-refractivity contribution in [3.63, 3.8) is 0 Å². The summed E-state index contributed by atoms with van der Waals surface area (Å²) in [5, 5.41) is 0. The van der Waals surface area contributed by atoms with E-state index in [-0.39, 0.29) is 17.1 Å². The Balaban J connectivity index is 1.44. The quantitative estimate of drug-likeness (QED) is 0.845. The van der Waals surface area contributed by atoms with Crippen LogP contribution in [-0.2, 0) is 11.3 Å². The Morgan fingerprint density at radius 2 is 1.77 bits per heavy atom. The van der Waals surface area contributed by atoms with E-state index in [1.807, 2.05) is 29.3 Å². The average molecular weight is 353 g/mol. The number of pyridine rings is 1. The molecule has 136 valence electrons. The number of benzene rings is 1. The van der Waals surface area contributed by atoms with Gasteiger partial charge in [-0.15, -0.1) is 0 Å². The highest BCUT2D eigenvalue weighted by atomic mass is 19.1. The molecule has 4 nitrogen and oxygen atoms in total. The van der Waals surface area contributed by atoms with Crippen molar-refractivity contribution in [1.82, 2.24) is 9.88 Å². The number of carbonyl (C=O) groups excluding carboxylic acids is 1. The van der Waals surface area contributed by atoms with Crippen LogP contribution in [0.1, 0.15) is 31.4 Å². The molecule has 3 heterocycles. The highest BCUT2D eigenvalue weighted by Crippen LogP contribution is 2.42. The van der Waals surface area contributed by atoms with Crippen LogP contribution in [0.2, 0.25) is 0 Å². The fourth-order valence-electron chi connectivity index (χ4n) is 4.26. The molecule has 2 aromatic rings.